The standard InChI is InChI=1S/C18H12F3NO2S2/c1-11(8-14-6-3-7-24-14)9-15-16(23)22(17(25)26-15)13-5-2-4-12(10-13)18(19,20)21/h2-10H,1H3/b11-8-,15-9-. The van der Waals surface area contributed by atoms with Crippen LogP contribution in [0.3, 0.4) is 0 Å². The zero-order valence-electron chi connectivity index (χ0n) is 13.4. The largest absolute Gasteiger partial charge is 0.465 e. The van der Waals surface area contributed by atoms with E-state index in [9.17, 15) is 18.0 Å². The van der Waals surface area contributed by atoms with Gasteiger partial charge in [-0.05, 0) is 55.0 Å². The molecule has 0 N–H and O–H groups in total. The van der Waals surface area contributed by atoms with Crippen molar-refractivity contribution in [1.82, 2.24) is 0 Å². The highest BCUT2D eigenvalue weighted by Crippen LogP contribution is 2.38. The Labute approximate surface area is 157 Å². The number of alkyl halides is 3. The van der Waals surface area contributed by atoms with E-state index >= 15 is 0 Å². The van der Waals surface area contributed by atoms with E-state index in [1.807, 2.05) is 0 Å². The summed E-state index contributed by atoms with van der Waals surface area (Å²) in [6.07, 6.45) is 0.424. The maximum Gasteiger partial charge on any atom is 0.416 e. The van der Waals surface area contributed by atoms with Gasteiger partial charge in [0.1, 0.15) is 5.76 Å². The second-order valence-electron chi connectivity index (χ2n) is 5.47. The van der Waals surface area contributed by atoms with Gasteiger partial charge >= 0.3 is 6.18 Å². The number of thioether (sulfide) groups is 1. The van der Waals surface area contributed by atoms with Crippen molar-refractivity contribution >= 4 is 46.0 Å². The summed E-state index contributed by atoms with van der Waals surface area (Å²) in [5.74, 6) is 0.179. The van der Waals surface area contributed by atoms with Crippen molar-refractivity contribution in [3.05, 3.63) is 70.5 Å². The van der Waals surface area contributed by atoms with E-state index in [-0.39, 0.29) is 10.0 Å². The molecule has 0 saturated carbocycles. The Morgan fingerprint density at radius 2 is 2.04 bits per heavy atom. The van der Waals surface area contributed by atoms with Crippen molar-refractivity contribution in [3.8, 4) is 0 Å². The van der Waals surface area contributed by atoms with Gasteiger partial charge in [-0.15, -0.1) is 0 Å². The van der Waals surface area contributed by atoms with Crippen LogP contribution in [-0.2, 0) is 11.0 Å². The van der Waals surface area contributed by atoms with Gasteiger partial charge in [0.2, 0.25) is 0 Å². The van der Waals surface area contributed by atoms with Gasteiger partial charge in [0.25, 0.3) is 5.91 Å². The van der Waals surface area contributed by atoms with E-state index in [2.05, 4.69) is 0 Å². The predicted molar refractivity (Wildman–Crippen MR) is 99.6 cm³/mol. The number of carbonyl (C=O) groups is 1. The summed E-state index contributed by atoms with van der Waals surface area (Å²) in [5, 5.41) is 0. The normalized spacial score (nSPS) is 17.5. The summed E-state index contributed by atoms with van der Waals surface area (Å²) < 4.78 is 44.1. The molecule has 134 valence electrons. The van der Waals surface area contributed by atoms with Crippen LogP contribution in [0.25, 0.3) is 6.08 Å². The maximum absolute atomic E-state index is 12.9. The molecule has 3 nitrogen and oxygen atoms in total. The number of carbonyl (C=O) groups excluding carboxylic acids is 1. The van der Waals surface area contributed by atoms with Crippen LogP contribution in [-0.4, -0.2) is 10.2 Å². The van der Waals surface area contributed by atoms with Crippen LogP contribution in [0.2, 0.25) is 0 Å². The molecule has 1 aliphatic rings. The van der Waals surface area contributed by atoms with Gasteiger partial charge in [-0.25, -0.2) is 0 Å². The molecular weight excluding hydrogens is 383 g/mol. The van der Waals surface area contributed by atoms with Crippen molar-refractivity contribution in [2.45, 2.75) is 13.1 Å². The van der Waals surface area contributed by atoms with E-state index in [0.717, 1.165) is 34.4 Å². The van der Waals surface area contributed by atoms with Crippen molar-refractivity contribution in [2.75, 3.05) is 4.90 Å². The maximum atomic E-state index is 12.9. The summed E-state index contributed by atoms with van der Waals surface area (Å²) in [6.45, 7) is 1.79. The highest BCUT2D eigenvalue weighted by molar-refractivity contribution is 8.27. The summed E-state index contributed by atoms with van der Waals surface area (Å²) in [6, 6.07) is 8.06. The zero-order chi connectivity index (χ0) is 18.9. The van der Waals surface area contributed by atoms with Crippen molar-refractivity contribution < 1.29 is 22.4 Å². The number of halogens is 3. The zero-order valence-corrected chi connectivity index (χ0v) is 15.0. The smallest absolute Gasteiger partial charge is 0.416 e. The number of hydrogen-bond acceptors (Lipinski definition) is 4. The van der Waals surface area contributed by atoms with Crippen molar-refractivity contribution in [1.29, 1.82) is 0 Å². The first-order chi connectivity index (χ1) is 12.3. The topological polar surface area (TPSA) is 33.5 Å². The van der Waals surface area contributed by atoms with E-state index < -0.39 is 17.6 Å². The Morgan fingerprint density at radius 3 is 2.69 bits per heavy atom. The molecule has 1 amide bonds. The second kappa shape index (κ2) is 7.13. The third-order valence-corrected chi connectivity index (χ3v) is 4.80. The van der Waals surface area contributed by atoms with Gasteiger partial charge in [-0.2, -0.15) is 13.2 Å². The molecule has 1 saturated heterocycles. The number of furan rings is 1. The molecule has 1 aromatic carbocycles. The SMILES string of the molecule is CC(=C/c1ccco1)/C=C1\SC(=S)N(c2cccc(C(F)(F)F)c2)C1=O. The lowest BCUT2D eigenvalue weighted by Gasteiger charge is -2.16. The molecule has 2 aromatic rings. The fourth-order valence-electron chi connectivity index (χ4n) is 2.36. The number of thiocarbonyl (C=S) groups is 1. The molecule has 8 heteroatoms. The minimum absolute atomic E-state index is 0.0957. The van der Waals surface area contributed by atoms with Crippen molar-refractivity contribution in [3.63, 3.8) is 0 Å². The van der Waals surface area contributed by atoms with Gasteiger partial charge in [-0.3, -0.25) is 9.69 Å². The minimum Gasteiger partial charge on any atom is -0.465 e. The first-order valence-corrected chi connectivity index (χ1v) is 8.65. The number of benzene rings is 1. The number of hydrogen-bond donors (Lipinski definition) is 0. The third kappa shape index (κ3) is 3.91. The average Bonchev–Trinajstić information content (AvgIpc) is 3.15. The van der Waals surface area contributed by atoms with Crippen LogP contribution in [0.15, 0.2) is 63.6 Å². The summed E-state index contributed by atoms with van der Waals surface area (Å²) in [5.41, 5.74) is 0.0183. The van der Waals surface area contributed by atoms with Crippen LogP contribution in [0.1, 0.15) is 18.2 Å². The first kappa shape index (κ1) is 18.5. The van der Waals surface area contributed by atoms with Gasteiger partial charge < -0.3 is 4.42 Å². The number of anilines is 1. The van der Waals surface area contributed by atoms with E-state index in [1.165, 1.54) is 18.4 Å². The average molecular weight is 395 g/mol. The highest BCUT2D eigenvalue weighted by atomic mass is 32.2. The summed E-state index contributed by atoms with van der Waals surface area (Å²) >= 11 is 6.24. The number of allylic oxidation sites excluding steroid dienone is 2. The van der Waals surface area contributed by atoms with Crippen LogP contribution in [0.4, 0.5) is 18.9 Å². The predicted octanol–water partition coefficient (Wildman–Crippen LogP) is 5.65. The van der Waals surface area contributed by atoms with Gasteiger partial charge in [0.05, 0.1) is 22.4 Å². The summed E-state index contributed by atoms with van der Waals surface area (Å²) in [7, 11) is 0. The molecule has 0 radical (unpaired) electrons. The molecule has 0 spiro atoms. The van der Waals surface area contributed by atoms with E-state index in [0.29, 0.717) is 10.7 Å². The first-order valence-electron chi connectivity index (χ1n) is 7.43. The molecule has 0 atom stereocenters. The Morgan fingerprint density at radius 1 is 1.27 bits per heavy atom. The quantitative estimate of drug-likeness (QED) is 0.497. The molecular formula is C18H12F3NO2S2. The Bertz CT molecular complexity index is 915. The molecule has 1 aliphatic heterocycles. The number of rotatable bonds is 3. The van der Waals surface area contributed by atoms with E-state index in [4.69, 9.17) is 16.6 Å². The lowest BCUT2D eigenvalue weighted by Crippen LogP contribution is -2.27. The van der Waals surface area contributed by atoms with Crippen LogP contribution in [0, 0.1) is 0 Å². The van der Waals surface area contributed by atoms with Crippen molar-refractivity contribution in [2.24, 2.45) is 0 Å². The third-order valence-electron chi connectivity index (χ3n) is 3.50. The van der Waals surface area contributed by atoms with E-state index in [1.54, 1.807) is 31.2 Å². The molecule has 3 rings (SSSR count). The number of amides is 1. The lowest BCUT2D eigenvalue weighted by atomic mass is 10.1. The van der Waals surface area contributed by atoms with Crippen LogP contribution >= 0.6 is 24.0 Å². The molecule has 1 fully saturated rings. The monoisotopic (exact) mass is 395 g/mol. The minimum atomic E-state index is -4.49. The molecule has 2 heterocycles. The second-order valence-corrected chi connectivity index (χ2v) is 7.14. The molecule has 0 aliphatic carbocycles. The Balaban J connectivity index is 1.89. The fourth-order valence-corrected chi connectivity index (χ4v) is 3.71. The number of nitrogens with zero attached hydrogens (tertiary/aromatic N) is 1. The fraction of sp³-hybridized carbons (Fsp3) is 0.111. The molecule has 0 bridgehead atoms. The Kier molecular flexibility index (Phi) is 5.06. The van der Waals surface area contributed by atoms with Crippen LogP contribution in [0.5, 0.6) is 0 Å². The Hall–Kier alpha value is -2.32. The van der Waals surface area contributed by atoms with Gasteiger partial charge in [-0.1, -0.05) is 30.0 Å². The van der Waals surface area contributed by atoms with Gasteiger partial charge in [0.15, 0.2) is 4.32 Å². The molecule has 1 aromatic heterocycles. The molecule has 26 heavy (non-hydrogen) atoms. The summed E-state index contributed by atoms with van der Waals surface area (Å²) in [4.78, 5) is 14.1. The highest BCUT2D eigenvalue weighted by Gasteiger charge is 2.36. The van der Waals surface area contributed by atoms with Gasteiger partial charge in [0, 0.05) is 0 Å². The molecule has 0 unspecified atom stereocenters. The lowest BCUT2D eigenvalue weighted by molar-refractivity contribution is -0.137. The van der Waals surface area contributed by atoms with Crippen LogP contribution < -0.4 is 4.90 Å².